The molecule has 0 aliphatic rings. The van der Waals surface area contributed by atoms with Crippen molar-refractivity contribution in [3.05, 3.63) is 48.3 Å². The van der Waals surface area contributed by atoms with E-state index < -0.39 is 0 Å². The molecule has 0 aliphatic heterocycles. The highest BCUT2D eigenvalue weighted by molar-refractivity contribution is 5.01. The molecular weight excluding hydrogens is 192 g/mol. The molecule has 0 saturated heterocycles. The summed E-state index contributed by atoms with van der Waals surface area (Å²) >= 11 is 0. The normalized spacial score (nSPS) is 12.9. The number of hydrogen-bond acceptors (Lipinski definition) is 3. The summed E-state index contributed by atoms with van der Waals surface area (Å²) in [6, 6.07) is 7.47. The predicted octanol–water partition coefficient (Wildman–Crippen LogP) is 2.41. The van der Waals surface area contributed by atoms with Gasteiger partial charge in [-0.3, -0.25) is 0 Å². The zero-order valence-corrected chi connectivity index (χ0v) is 8.43. The van der Waals surface area contributed by atoms with Gasteiger partial charge in [0.25, 0.3) is 0 Å². The van der Waals surface area contributed by atoms with Crippen molar-refractivity contribution < 1.29 is 13.9 Å². The molecule has 1 unspecified atom stereocenters. The number of hydrogen-bond donors (Lipinski definition) is 1. The molecular formula is C12H14O3. The van der Waals surface area contributed by atoms with E-state index in [9.17, 15) is 5.11 Å². The summed E-state index contributed by atoms with van der Waals surface area (Å²) in [6.45, 7) is 0. The molecule has 2 heterocycles. The first-order valence-corrected chi connectivity index (χ1v) is 5.07. The van der Waals surface area contributed by atoms with Gasteiger partial charge in [0.05, 0.1) is 18.6 Å². The fourth-order valence-corrected chi connectivity index (χ4v) is 1.53. The van der Waals surface area contributed by atoms with Gasteiger partial charge in [-0.25, -0.2) is 0 Å². The van der Waals surface area contributed by atoms with Crippen molar-refractivity contribution in [3.8, 4) is 0 Å². The number of aliphatic hydroxyl groups is 1. The number of rotatable bonds is 5. The van der Waals surface area contributed by atoms with Crippen LogP contribution in [-0.2, 0) is 12.8 Å². The minimum Gasteiger partial charge on any atom is -0.469 e. The molecule has 1 N–H and O–H groups in total. The minimum atomic E-state index is -0.374. The monoisotopic (exact) mass is 206 g/mol. The first-order valence-electron chi connectivity index (χ1n) is 5.07. The average molecular weight is 206 g/mol. The van der Waals surface area contributed by atoms with Gasteiger partial charge in [0.1, 0.15) is 11.5 Å². The molecule has 0 saturated carbocycles. The van der Waals surface area contributed by atoms with Crippen LogP contribution in [0.2, 0.25) is 0 Å². The summed E-state index contributed by atoms with van der Waals surface area (Å²) in [5.41, 5.74) is 0. The van der Waals surface area contributed by atoms with Crippen molar-refractivity contribution in [2.75, 3.05) is 0 Å². The van der Waals surface area contributed by atoms with Crippen LogP contribution in [0.25, 0.3) is 0 Å². The van der Waals surface area contributed by atoms with E-state index in [1.54, 1.807) is 12.5 Å². The Balaban J connectivity index is 1.76. The zero-order valence-electron chi connectivity index (χ0n) is 8.43. The molecule has 0 radical (unpaired) electrons. The van der Waals surface area contributed by atoms with Crippen molar-refractivity contribution in [3.63, 3.8) is 0 Å². The molecule has 3 heteroatoms. The molecule has 15 heavy (non-hydrogen) atoms. The van der Waals surface area contributed by atoms with Crippen LogP contribution in [-0.4, -0.2) is 11.2 Å². The maximum Gasteiger partial charge on any atom is 0.106 e. The SMILES string of the molecule is OC(CCc1ccco1)Cc1ccco1. The first kappa shape index (κ1) is 10.1. The van der Waals surface area contributed by atoms with Crippen LogP contribution in [0.1, 0.15) is 17.9 Å². The lowest BCUT2D eigenvalue weighted by Gasteiger charge is -2.06. The van der Waals surface area contributed by atoms with E-state index in [2.05, 4.69) is 0 Å². The van der Waals surface area contributed by atoms with Gasteiger partial charge in [0.15, 0.2) is 0 Å². The summed E-state index contributed by atoms with van der Waals surface area (Å²) in [4.78, 5) is 0. The molecule has 0 fully saturated rings. The summed E-state index contributed by atoms with van der Waals surface area (Å²) in [7, 11) is 0. The largest absolute Gasteiger partial charge is 0.469 e. The Morgan fingerprint density at radius 1 is 1.07 bits per heavy atom. The number of furan rings is 2. The van der Waals surface area contributed by atoms with Gasteiger partial charge < -0.3 is 13.9 Å². The summed E-state index contributed by atoms with van der Waals surface area (Å²) in [5, 5.41) is 9.72. The highest BCUT2D eigenvalue weighted by Crippen LogP contribution is 2.10. The second kappa shape index (κ2) is 4.84. The molecule has 2 rings (SSSR count). The molecule has 0 amide bonds. The lowest BCUT2D eigenvalue weighted by Crippen LogP contribution is -2.10. The van der Waals surface area contributed by atoms with Crippen LogP contribution in [0, 0.1) is 0 Å². The molecule has 0 aliphatic carbocycles. The van der Waals surface area contributed by atoms with E-state index in [1.807, 2.05) is 24.3 Å². The summed E-state index contributed by atoms with van der Waals surface area (Å²) < 4.78 is 10.3. The van der Waals surface area contributed by atoms with Crippen LogP contribution >= 0.6 is 0 Å². The Hall–Kier alpha value is -1.48. The molecule has 3 nitrogen and oxygen atoms in total. The van der Waals surface area contributed by atoms with Crippen molar-refractivity contribution >= 4 is 0 Å². The van der Waals surface area contributed by atoms with Crippen LogP contribution in [0.5, 0.6) is 0 Å². The predicted molar refractivity (Wildman–Crippen MR) is 55.4 cm³/mol. The van der Waals surface area contributed by atoms with E-state index in [-0.39, 0.29) is 6.10 Å². The standard InChI is InChI=1S/C12H14O3/c13-10(9-12-4-2-8-15-12)5-6-11-3-1-7-14-11/h1-4,7-8,10,13H,5-6,9H2. The van der Waals surface area contributed by atoms with E-state index >= 15 is 0 Å². The van der Waals surface area contributed by atoms with E-state index in [0.717, 1.165) is 17.9 Å². The molecule has 0 aromatic carbocycles. The van der Waals surface area contributed by atoms with Crippen molar-refractivity contribution in [1.29, 1.82) is 0 Å². The van der Waals surface area contributed by atoms with E-state index in [0.29, 0.717) is 12.8 Å². The van der Waals surface area contributed by atoms with E-state index in [1.165, 1.54) is 0 Å². The quantitative estimate of drug-likeness (QED) is 0.817. The Labute approximate surface area is 88.3 Å². The minimum absolute atomic E-state index is 0.374. The average Bonchev–Trinajstić information content (AvgIpc) is 2.86. The topological polar surface area (TPSA) is 46.5 Å². The van der Waals surface area contributed by atoms with Gasteiger partial charge in [0, 0.05) is 12.8 Å². The third kappa shape index (κ3) is 2.99. The molecule has 0 spiro atoms. The van der Waals surface area contributed by atoms with Crippen molar-refractivity contribution in [2.45, 2.75) is 25.4 Å². The van der Waals surface area contributed by atoms with Crippen LogP contribution < -0.4 is 0 Å². The molecule has 2 aromatic rings. The maximum atomic E-state index is 9.72. The van der Waals surface area contributed by atoms with Gasteiger partial charge in [-0.1, -0.05) is 0 Å². The third-order valence-electron chi connectivity index (χ3n) is 2.32. The van der Waals surface area contributed by atoms with Gasteiger partial charge in [-0.2, -0.15) is 0 Å². The summed E-state index contributed by atoms with van der Waals surface area (Å²) in [5.74, 6) is 1.73. The van der Waals surface area contributed by atoms with Crippen LogP contribution in [0.15, 0.2) is 45.6 Å². The maximum absolute atomic E-state index is 9.72. The molecule has 80 valence electrons. The fraction of sp³-hybridized carbons (Fsp3) is 0.333. The zero-order chi connectivity index (χ0) is 10.5. The Morgan fingerprint density at radius 3 is 2.33 bits per heavy atom. The van der Waals surface area contributed by atoms with Gasteiger partial charge >= 0.3 is 0 Å². The second-order valence-corrected chi connectivity index (χ2v) is 3.56. The second-order valence-electron chi connectivity index (χ2n) is 3.56. The van der Waals surface area contributed by atoms with Gasteiger partial charge in [-0.05, 0) is 30.7 Å². The molecule has 1 atom stereocenters. The third-order valence-corrected chi connectivity index (χ3v) is 2.32. The highest BCUT2D eigenvalue weighted by atomic mass is 16.3. The number of aliphatic hydroxyl groups excluding tert-OH is 1. The lowest BCUT2D eigenvalue weighted by atomic mass is 10.1. The van der Waals surface area contributed by atoms with Gasteiger partial charge in [-0.15, -0.1) is 0 Å². The summed E-state index contributed by atoms with van der Waals surface area (Å²) in [6.07, 6.45) is 4.90. The van der Waals surface area contributed by atoms with E-state index in [4.69, 9.17) is 8.83 Å². The highest BCUT2D eigenvalue weighted by Gasteiger charge is 2.08. The van der Waals surface area contributed by atoms with Crippen LogP contribution in [0.4, 0.5) is 0 Å². The Morgan fingerprint density at radius 2 is 1.73 bits per heavy atom. The van der Waals surface area contributed by atoms with Crippen molar-refractivity contribution in [1.82, 2.24) is 0 Å². The first-order chi connectivity index (χ1) is 7.34. The van der Waals surface area contributed by atoms with Gasteiger partial charge in [0.2, 0.25) is 0 Å². The fourth-order valence-electron chi connectivity index (χ4n) is 1.53. The van der Waals surface area contributed by atoms with Crippen molar-refractivity contribution in [2.24, 2.45) is 0 Å². The smallest absolute Gasteiger partial charge is 0.106 e. The Bertz CT molecular complexity index is 361. The molecule has 2 aromatic heterocycles. The lowest BCUT2D eigenvalue weighted by molar-refractivity contribution is 0.156. The van der Waals surface area contributed by atoms with Crippen LogP contribution in [0.3, 0.4) is 0 Å². The Kier molecular flexibility index (Phi) is 3.25. The number of aryl methyl sites for hydroxylation is 1. The molecule has 0 bridgehead atoms.